The smallest absolute Gasteiger partial charge is 0.0449 e. The van der Waals surface area contributed by atoms with Gasteiger partial charge in [0, 0.05) is 18.6 Å². The lowest BCUT2D eigenvalue weighted by Crippen LogP contribution is -2.41. The van der Waals surface area contributed by atoms with Gasteiger partial charge in [-0.3, -0.25) is 4.90 Å². The Morgan fingerprint density at radius 3 is 2.60 bits per heavy atom. The van der Waals surface area contributed by atoms with E-state index >= 15 is 0 Å². The summed E-state index contributed by atoms with van der Waals surface area (Å²) in [5.41, 5.74) is 1.44. The first-order chi connectivity index (χ1) is 9.84. The molecule has 1 aromatic carbocycles. The van der Waals surface area contributed by atoms with E-state index in [2.05, 4.69) is 47.5 Å². The van der Waals surface area contributed by atoms with Crippen molar-refractivity contribution in [2.45, 2.75) is 51.1 Å². The highest BCUT2D eigenvalue weighted by molar-refractivity contribution is 5.19. The van der Waals surface area contributed by atoms with E-state index in [4.69, 9.17) is 0 Å². The molecule has 1 saturated carbocycles. The number of hydrogen-bond donors (Lipinski definition) is 1. The Bertz CT molecular complexity index is 397. The molecule has 1 aromatic rings. The Morgan fingerprint density at radius 2 is 1.85 bits per heavy atom. The summed E-state index contributed by atoms with van der Waals surface area (Å²) in [6.07, 6.45) is 7.06. The van der Waals surface area contributed by atoms with Crippen LogP contribution in [0.15, 0.2) is 30.3 Å². The SMILES string of the molecule is CC(C1CCCC1)N1CCCNC(c2ccccc2)C1. The topological polar surface area (TPSA) is 15.3 Å². The van der Waals surface area contributed by atoms with Gasteiger partial charge in [-0.2, -0.15) is 0 Å². The molecule has 0 amide bonds. The summed E-state index contributed by atoms with van der Waals surface area (Å²) in [5, 5.41) is 3.73. The molecule has 20 heavy (non-hydrogen) atoms. The highest BCUT2D eigenvalue weighted by Crippen LogP contribution is 2.31. The molecule has 2 heteroatoms. The average Bonchev–Trinajstić information content (AvgIpc) is 2.92. The molecule has 2 atom stereocenters. The molecule has 2 aliphatic rings. The van der Waals surface area contributed by atoms with Crippen LogP contribution in [-0.2, 0) is 0 Å². The number of nitrogens with one attached hydrogen (secondary N) is 1. The molecular weight excluding hydrogens is 244 g/mol. The molecule has 1 aliphatic carbocycles. The second-order valence-corrected chi connectivity index (χ2v) is 6.55. The Morgan fingerprint density at radius 1 is 1.10 bits per heavy atom. The summed E-state index contributed by atoms with van der Waals surface area (Å²) in [4.78, 5) is 2.74. The van der Waals surface area contributed by atoms with Crippen LogP contribution in [0.1, 0.15) is 50.6 Å². The molecule has 1 aliphatic heterocycles. The molecule has 0 radical (unpaired) electrons. The van der Waals surface area contributed by atoms with Crippen molar-refractivity contribution in [3.05, 3.63) is 35.9 Å². The summed E-state index contributed by atoms with van der Waals surface area (Å²) in [6.45, 7) is 6.03. The summed E-state index contributed by atoms with van der Waals surface area (Å²) in [7, 11) is 0. The van der Waals surface area contributed by atoms with Gasteiger partial charge in [-0.15, -0.1) is 0 Å². The maximum Gasteiger partial charge on any atom is 0.0449 e. The molecular formula is C18H28N2. The molecule has 2 fully saturated rings. The molecule has 2 unspecified atom stereocenters. The Labute approximate surface area is 123 Å². The minimum atomic E-state index is 0.502. The number of hydrogen-bond acceptors (Lipinski definition) is 2. The van der Waals surface area contributed by atoms with Crippen LogP contribution < -0.4 is 5.32 Å². The van der Waals surface area contributed by atoms with Crippen LogP contribution in [0.3, 0.4) is 0 Å². The second-order valence-electron chi connectivity index (χ2n) is 6.55. The highest BCUT2D eigenvalue weighted by atomic mass is 15.2. The van der Waals surface area contributed by atoms with Gasteiger partial charge in [0.2, 0.25) is 0 Å². The number of rotatable bonds is 3. The van der Waals surface area contributed by atoms with Crippen molar-refractivity contribution in [3.63, 3.8) is 0 Å². The van der Waals surface area contributed by atoms with Crippen LogP contribution in [0.2, 0.25) is 0 Å². The third-order valence-electron chi connectivity index (χ3n) is 5.29. The van der Waals surface area contributed by atoms with Gasteiger partial charge in [-0.05, 0) is 50.8 Å². The van der Waals surface area contributed by atoms with E-state index in [1.165, 1.54) is 50.8 Å². The lowest BCUT2D eigenvalue weighted by Gasteiger charge is -2.34. The Kier molecular flexibility index (Phi) is 4.74. The lowest BCUT2D eigenvalue weighted by atomic mass is 9.97. The lowest BCUT2D eigenvalue weighted by molar-refractivity contribution is 0.153. The van der Waals surface area contributed by atoms with Crippen molar-refractivity contribution in [2.24, 2.45) is 5.92 Å². The van der Waals surface area contributed by atoms with Crippen LogP contribution in [0.25, 0.3) is 0 Å². The molecule has 1 heterocycles. The van der Waals surface area contributed by atoms with Crippen molar-refractivity contribution in [1.82, 2.24) is 10.2 Å². The highest BCUT2D eigenvalue weighted by Gasteiger charge is 2.29. The van der Waals surface area contributed by atoms with Crippen LogP contribution in [0.5, 0.6) is 0 Å². The molecule has 110 valence electrons. The van der Waals surface area contributed by atoms with Crippen molar-refractivity contribution in [3.8, 4) is 0 Å². The van der Waals surface area contributed by atoms with Gasteiger partial charge in [0.25, 0.3) is 0 Å². The largest absolute Gasteiger partial charge is 0.309 e. The van der Waals surface area contributed by atoms with E-state index in [1.807, 2.05) is 0 Å². The average molecular weight is 272 g/mol. The standard InChI is InChI=1S/C18H28N2/c1-15(16-8-5-6-9-16)20-13-7-12-19-18(14-20)17-10-3-2-4-11-17/h2-4,10-11,15-16,18-19H,5-9,12-14H2,1H3. The van der Waals surface area contributed by atoms with Crippen molar-refractivity contribution >= 4 is 0 Å². The predicted octanol–water partition coefficient (Wildman–Crippen LogP) is 3.60. The third kappa shape index (κ3) is 3.24. The molecule has 0 spiro atoms. The third-order valence-corrected chi connectivity index (χ3v) is 5.29. The number of nitrogens with zero attached hydrogens (tertiary/aromatic N) is 1. The van der Waals surface area contributed by atoms with E-state index in [0.29, 0.717) is 6.04 Å². The summed E-state index contributed by atoms with van der Waals surface area (Å²) in [5.74, 6) is 0.935. The van der Waals surface area contributed by atoms with Crippen molar-refractivity contribution in [2.75, 3.05) is 19.6 Å². The fourth-order valence-electron chi connectivity index (χ4n) is 3.97. The van der Waals surface area contributed by atoms with E-state index in [0.717, 1.165) is 18.5 Å². The van der Waals surface area contributed by atoms with Crippen molar-refractivity contribution in [1.29, 1.82) is 0 Å². The minimum Gasteiger partial charge on any atom is -0.309 e. The van der Waals surface area contributed by atoms with Gasteiger partial charge in [0.15, 0.2) is 0 Å². The molecule has 0 aromatic heterocycles. The van der Waals surface area contributed by atoms with Crippen LogP contribution in [-0.4, -0.2) is 30.6 Å². The van der Waals surface area contributed by atoms with Gasteiger partial charge < -0.3 is 5.32 Å². The molecule has 1 N–H and O–H groups in total. The quantitative estimate of drug-likeness (QED) is 0.904. The van der Waals surface area contributed by atoms with E-state index in [1.54, 1.807) is 0 Å². The minimum absolute atomic E-state index is 0.502. The predicted molar refractivity (Wildman–Crippen MR) is 84.8 cm³/mol. The van der Waals surface area contributed by atoms with E-state index in [9.17, 15) is 0 Å². The van der Waals surface area contributed by atoms with Crippen LogP contribution in [0, 0.1) is 5.92 Å². The first-order valence-corrected chi connectivity index (χ1v) is 8.37. The molecule has 0 bridgehead atoms. The maximum absolute atomic E-state index is 3.73. The molecule has 3 rings (SSSR count). The fraction of sp³-hybridized carbons (Fsp3) is 0.667. The fourth-order valence-corrected chi connectivity index (χ4v) is 3.97. The zero-order valence-electron chi connectivity index (χ0n) is 12.7. The summed E-state index contributed by atoms with van der Waals surface area (Å²) in [6, 6.07) is 12.2. The first kappa shape index (κ1) is 14.1. The first-order valence-electron chi connectivity index (χ1n) is 8.37. The number of benzene rings is 1. The van der Waals surface area contributed by atoms with Gasteiger partial charge in [0.1, 0.15) is 0 Å². The van der Waals surface area contributed by atoms with Gasteiger partial charge >= 0.3 is 0 Å². The summed E-state index contributed by atoms with van der Waals surface area (Å²) < 4.78 is 0. The van der Waals surface area contributed by atoms with Crippen molar-refractivity contribution < 1.29 is 0 Å². The normalized spacial score (nSPS) is 27.4. The van der Waals surface area contributed by atoms with Gasteiger partial charge in [0.05, 0.1) is 0 Å². The zero-order valence-corrected chi connectivity index (χ0v) is 12.7. The monoisotopic (exact) mass is 272 g/mol. The molecule has 1 saturated heterocycles. The van der Waals surface area contributed by atoms with Crippen LogP contribution >= 0.6 is 0 Å². The Balaban J connectivity index is 1.68. The van der Waals surface area contributed by atoms with E-state index < -0.39 is 0 Å². The van der Waals surface area contributed by atoms with E-state index in [-0.39, 0.29) is 0 Å². The maximum atomic E-state index is 3.73. The van der Waals surface area contributed by atoms with Gasteiger partial charge in [-0.1, -0.05) is 43.2 Å². The van der Waals surface area contributed by atoms with Gasteiger partial charge in [-0.25, -0.2) is 0 Å². The molecule has 2 nitrogen and oxygen atoms in total. The summed E-state index contributed by atoms with van der Waals surface area (Å²) >= 11 is 0. The van der Waals surface area contributed by atoms with Crippen LogP contribution in [0.4, 0.5) is 0 Å². The Hall–Kier alpha value is -0.860. The second kappa shape index (κ2) is 6.73. The zero-order chi connectivity index (χ0) is 13.8.